The standard InChI is InChI=1S/C11H13BrN2O3/c1-7(12)6-13-9(15)10(16)14(11(13)17)8-4-2-3-5-8/h8H,1-6H2. The van der Waals surface area contributed by atoms with Gasteiger partial charge in [0.15, 0.2) is 0 Å². The molecule has 0 spiro atoms. The lowest BCUT2D eigenvalue weighted by molar-refractivity contribution is -0.143. The zero-order chi connectivity index (χ0) is 12.6. The van der Waals surface area contributed by atoms with Crippen LogP contribution in [0.2, 0.25) is 0 Å². The molecule has 1 aliphatic carbocycles. The van der Waals surface area contributed by atoms with E-state index in [4.69, 9.17) is 0 Å². The van der Waals surface area contributed by atoms with Crippen LogP contribution in [0.3, 0.4) is 0 Å². The molecule has 1 aliphatic heterocycles. The van der Waals surface area contributed by atoms with Crippen LogP contribution in [0.15, 0.2) is 11.1 Å². The van der Waals surface area contributed by atoms with Crippen molar-refractivity contribution >= 4 is 33.8 Å². The largest absolute Gasteiger partial charge is 0.334 e. The van der Waals surface area contributed by atoms with Gasteiger partial charge in [-0.15, -0.1) is 0 Å². The fourth-order valence-corrected chi connectivity index (χ4v) is 2.57. The lowest BCUT2D eigenvalue weighted by Crippen LogP contribution is -2.40. The molecule has 2 fully saturated rings. The van der Waals surface area contributed by atoms with E-state index < -0.39 is 17.8 Å². The Morgan fingerprint density at radius 3 is 2.35 bits per heavy atom. The molecule has 1 heterocycles. The summed E-state index contributed by atoms with van der Waals surface area (Å²) in [7, 11) is 0. The summed E-state index contributed by atoms with van der Waals surface area (Å²) in [5, 5.41) is 0. The van der Waals surface area contributed by atoms with Gasteiger partial charge in [0.2, 0.25) is 0 Å². The third-order valence-corrected chi connectivity index (χ3v) is 3.35. The average Bonchev–Trinajstić information content (AvgIpc) is 2.83. The number of rotatable bonds is 3. The summed E-state index contributed by atoms with van der Waals surface area (Å²) in [5.41, 5.74) is 0. The number of imide groups is 2. The monoisotopic (exact) mass is 300 g/mol. The van der Waals surface area contributed by atoms with E-state index in [-0.39, 0.29) is 12.6 Å². The zero-order valence-corrected chi connectivity index (χ0v) is 10.9. The summed E-state index contributed by atoms with van der Waals surface area (Å²) >= 11 is 3.09. The van der Waals surface area contributed by atoms with Gasteiger partial charge in [-0.25, -0.2) is 4.79 Å². The maximum absolute atomic E-state index is 12.0. The zero-order valence-electron chi connectivity index (χ0n) is 9.32. The highest BCUT2D eigenvalue weighted by molar-refractivity contribution is 9.11. The molecule has 4 amide bonds. The Balaban J connectivity index is 2.19. The topological polar surface area (TPSA) is 57.7 Å². The molecule has 92 valence electrons. The van der Waals surface area contributed by atoms with Gasteiger partial charge in [-0.2, -0.15) is 0 Å². The molecule has 0 N–H and O–H groups in total. The Labute approximate surface area is 108 Å². The minimum atomic E-state index is -0.748. The van der Waals surface area contributed by atoms with Crippen LogP contribution < -0.4 is 0 Å². The molecule has 0 aromatic heterocycles. The van der Waals surface area contributed by atoms with E-state index in [1.807, 2.05) is 0 Å². The Hall–Kier alpha value is -1.17. The molecule has 5 nitrogen and oxygen atoms in total. The molecule has 2 aliphatic rings. The second kappa shape index (κ2) is 4.60. The highest BCUT2D eigenvalue weighted by atomic mass is 79.9. The van der Waals surface area contributed by atoms with E-state index in [2.05, 4.69) is 22.5 Å². The summed E-state index contributed by atoms with van der Waals surface area (Å²) < 4.78 is 0.500. The van der Waals surface area contributed by atoms with Gasteiger partial charge in [-0.1, -0.05) is 35.4 Å². The third-order valence-electron chi connectivity index (χ3n) is 3.10. The summed E-state index contributed by atoms with van der Waals surface area (Å²) in [6.45, 7) is 3.62. The second-order valence-corrected chi connectivity index (χ2v) is 5.43. The van der Waals surface area contributed by atoms with Crippen LogP contribution in [0.1, 0.15) is 25.7 Å². The van der Waals surface area contributed by atoms with Crippen molar-refractivity contribution in [1.29, 1.82) is 0 Å². The van der Waals surface area contributed by atoms with Crippen LogP contribution in [-0.4, -0.2) is 40.2 Å². The molecule has 0 aromatic carbocycles. The van der Waals surface area contributed by atoms with Crippen LogP contribution in [0.25, 0.3) is 0 Å². The minimum absolute atomic E-state index is 0.0482. The van der Waals surface area contributed by atoms with Crippen LogP contribution >= 0.6 is 15.9 Å². The maximum Gasteiger partial charge on any atom is 0.334 e. The second-order valence-electron chi connectivity index (χ2n) is 4.30. The fourth-order valence-electron chi connectivity index (χ4n) is 2.32. The van der Waals surface area contributed by atoms with Crippen molar-refractivity contribution in [3.05, 3.63) is 11.1 Å². The lowest BCUT2D eigenvalue weighted by atomic mass is 10.2. The Morgan fingerprint density at radius 1 is 1.24 bits per heavy atom. The van der Waals surface area contributed by atoms with E-state index in [0.29, 0.717) is 4.48 Å². The predicted molar refractivity (Wildman–Crippen MR) is 64.3 cm³/mol. The minimum Gasteiger partial charge on any atom is -0.263 e. The lowest BCUT2D eigenvalue weighted by Gasteiger charge is -2.20. The van der Waals surface area contributed by atoms with E-state index in [9.17, 15) is 14.4 Å². The number of nitrogens with zero attached hydrogens (tertiary/aromatic N) is 2. The quantitative estimate of drug-likeness (QED) is 0.588. The Kier molecular flexibility index (Phi) is 3.33. The maximum atomic E-state index is 12.0. The van der Waals surface area contributed by atoms with Crippen LogP contribution in [0.4, 0.5) is 4.79 Å². The van der Waals surface area contributed by atoms with Crippen LogP contribution in [0, 0.1) is 0 Å². The van der Waals surface area contributed by atoms with Gasteiger partial charge in [-0.3, -0.25) is 19.4 Å². The van der Waals surface area contributed by atoms with E-state index in [0.717, 1.165) is 35.5 Å². The molecule has 1 saturated heterocycles. The third kappa shape index (κ3) is 2.13. The highest BCUT2D eigenvalue weighted by Crippen LogP contribution is 2.28. The first-order chi connectivity index (χ1) is 8.02. The Morgan fingerprint density at radius 2 is 1.82 bits per heavy atom. The summed E-state index contributed by atoms with van der Waals surface area (Å²) in [5.74, 6) is -1.45. The number of hydrogen-bond donors (Lipinski definition) is 0. The number of amides is 4. The molecule has 2 rings (SSSR count). The molecule has 6 heteroatoms. The normalized spacial score (nSPS) is 21.8. The number of carbonyl (C=O) groups is 3. The van der Waals surface area contributed by atoms with Crippen molar-refractivity contribution in [2.45, 2.75) is 31.7 Å². The molecule has 1 saturated carbocycles. The van der Waals surface area contributed by atoms with E-state index in [1.165, 1.54) is 0 Å². The molecule has 0 radical (unpaired) electrons. The van der Waals surface area contributed by atoms with E-state index >= 15 is 0 Å². The number of halogens is 1. The van der Waals surface area contributed by atoms with Gasteiger partial charge < -0.3 is 0 Å². The van der Waals surface area contributed by atoms with Crippen molar-refractivity contribution in [3.63, 3.8) is 0 Å². The first kappa shape index (κ1) is 12.3. The Bertz CT molecular complexity index is 402. The molecule has 0 atom stereocenters. The van der Waals surface area contributed by atoms with Gasteiger partial charge in [0.1, 0.15) is 0 Å². The molecular weight excluding hydrogens is 288 g/mol. The molecule has 0 bridgehead atoms. The van der Waals surface area contributed by atoms with Crippen molar-refractivity contribution < 1.29 is 14.4 Å². The summed E-state index contributed by atoms with van der Waals surface area (Å²) in [6, 6.07) is -0.611. The average molecular weight is 301 g/mol. The van der Waals surface area contributed by atoms with Gasteiger partial charge in [0, 0.05) is 10.5 Å². The SMILES string of the molecule is C=C(Br)CN1C(=O)C(=O)N(C2CCCC2)C1=O. The fraction of sp³-hybridized carbons (Fsp3) is 0.545. The van der Waals surface area contributed by atoms with Gasteiger partial charge >= 0.3 is 17.8 Å². The van der Waals surface area contributed by atoms with Crippen molar-refractivity contribution in [3.8, 4) is 0 Å². The number of urea groups is 1. The van der Waals surface area contributed by atoms with Crippen LogP contribution in [-0.2, 0) is 9.59 Å². The molecule has 17 heavy (non-hydrogen) atoms. The number of hydrogen-bond acceptors (Lipinski definition) is 3. The summed E-state index contributed by atoms with van der Waals surface area (Å²) in [6.07, 6.45) is 3.60. The molecular formula is C11H13BrN2O3. The molecule has 0 aromatic rings. The predicted octanol–water partition coefficient (Wildman–Crippen LogP) is 1.63. The van der Waals surface area contributed by atoms with Gasteiger partial charge in [-0.05, 0) is 12.8 Å². The van der Waals surface area contributed by atoms with Crippen molar-refractivity contribution in [2.24, 2.45) is 0 Å². The van der Waals surface area contributed by atoms with Gasteiger partial charge in [0.25, 0.3) is 0 Å². The van der Waals surface area contributed by atoms with Crippen LogP contribution in [0.5, 0.6) is 0 Å². The van der Waals surface area contributed by atoms with Crippen molar-refractivity contribution in [1.82, 2.24) is 9.80 Å². The summed E-state index contributed by atoms with van der Waals surface area (Å²) in [4.78, 5) is 37.5. The first-order valence-corrected chi connectivity index (χ1v) is 6.34. The van der Waals surface area contributed by atoms with E-state index in [1.54, 1.807) is 0 Å². The molecule has 0 unspecified atom stereocenters. The van der Waals surface area contributed by atoms with Gasteiger partial charge in [0.05, 0.1) is 6.54 Å². The van der Waals surface area contributed by atoms with Crippen molar-refractivity contribution in [2.75, 3.05) is 6.54 Å². The first-order valence-electron chi connectivity index (χ1n) is 5.54. The highest BCUT2D eigenvalue weighted by Gasteiger charge is 2.47. The number of carbonyl (C=O) groups excluding carboxylic acids is 3. The smallest absolute Gasteiger partial charge is 0.263 e.